The van der Waals surface area contributed by atoms with E-state index >= 15 is 0 Å². The summed E-state index contributed by atoms with van der Waals surface area (Å²) >= 11 is 1.32. The zero-order valence-electron chi connectivity index (χ0n) is 11.6. The number of hydrogen-bond donors (Lipinski definition) is 1. The Morgan fingerprint density at radius 2 is 1.95 bits per heavy atom. The molecule has 21 heavy (non-hydrogen) atoms. The van der Waals surface area contributed by atoms with E-state index < -0.39 is 4.92 Å². The number of ether oxygens (including phenoxy) is 1. The average Bonchev–Trinajstić information content (AvgIpc) is 2.40. The van der Waals surface area contributed by atoms with E-state index in [0.717, 1.165) is 4.90 Å². The first-order valence-corrected chi connectivity index (χ1v) is 7.20. The lowest BCUT2D eigenvalue weighted by atomic mass is 10.3. The van der Waals surface area contributed by atoms with Crippen LogP contribution in [-0.2, 0) is 0 Å². The first-order chi connectivity index (χ1) is 9.97. The Morgan fingerprint density at radius 3 is 2.57 bits per heavy atom. The van der Waals surface area contributed by atoms with Crippen molar-refractivity contribution < 1.29 is 14.8 Å². The van der Waals surface area contributed by atoms with Gasteiger partial charge in [-0.1, -0.05) is 23.9 Å². The molecule has 0 aliphatic carbocycles. The van der Waals surface area contributed by atoms with Crippen LogP contribution in [0.15, 0.2) is 52.3 Å². The van der Waals surface area contributed by atoms with Gasteiger partial charge in [-0.05, 0) is 32.0 Å². The summed E-state index contributed by atoms with van der Waals surface area (Å²) in [5, 5.41) is 20.8. The Morgan fingerprint density at radius 1 is 1.24 bits per heavy atom. The molecule has 2 rings (SSSR count). The molecule has 0 spiro atoms. The molecule has 0 heterocycles. The van der Waals surface area contributed by atoms with Crippen LogP contribution in [0.1, 0.15) is 13.8 Å². The molecule has 0 fully saturated rings. The zero-order valence-corrected chi connectivity index (χ0v) is 12.5. The van der Waals surface area contributed by atoms with Crippen LogP contribution in [0.5, 0.6) is 11.5 Å². The maximum atomic E-state index is 11.0. The number of benzene rings is 2. The maximum absolute atomic E-state index is 11.0. The minimum Gasteiger partial charge on any atom is -0.507 e. The van der Waals surface area contributed by atoms with Gasteiger partial charge in [0.05, 0.1) is 15.9 Å². The van der Waals surface area contributed by atoms with E-state index in [1.165, 1.54) is 17.8 Å². The van der Waals surface area contributed by atoms with Gasteiger partial charge in [-0.2, -0.15) is 0 Å². The number of nitro groups is 1. The van der Waals surface area contributed by atoms with Gasteiger partial charge in [0, 0.05) is 17.0 Å². The summed E-state index contributed by atoms with van der Waals surface area (Å²) in [4.78, 5) is 12.0. The standard InChI is InChI=1S/C15H15NO4S/c1-10(2)20-14-9-11(7-8-12(14)16(18)19)21-15-6-4-3-5-13(15)17/h3-10,17H,1-2H3. The highest BCUT2D eigenvalue weighted by Gasteiger charge is 2.17. The smallest absolute Gasteiger partial charge is 0.311 e. The minimum absolute atomic E-state index is 0.0645. The van der Waals surface area contributed by atoms with Gasteiger partial charge in [0.15, 0.2) is 5.75 Å². The van der Waals surface area contributed by atoms with E-state index in [-0.39, 0.29) is 23.3 Å². The van der Waals surface area contributed by atoms with Crippen molar-refractivity contribution in [1.29, 1.82) is 0 Å². The topological polar surface area (TPSA) is 72.6 Å². The summed E-state index contributed by atoms with van der Waals surface area (Å²) in [5.74, 6) is 0.405. The molecule has 2 aromatic carbocycles. The monoisotopic (exact) mass is 305 g/mol. The molecule has 6 heteroatoms. The van der Waals surface area contributed by atoms with Gasteiger partial charge in [-0.15, -0.1) is 0 Å². The zero-order chi connectivity index (χ0) is 15.4. The Hall–Kier alpha value is -2.21. The predicted molar refractivity (Wildman–Crippen MR) is 81.1 cm³/mol. The summed E-state index contributed by atoms with van der Waals surface area (Å²) in [5.41, 5.74) is -0.0645. The number of phenolic OH excluding ortho intramolecular Hbond substituents is 1. The number of rotatable bonds is 5. The van der Waals surface area contributed by atoms with Crippen molar-refractivity contribution >= 4 is 17.4 Å². The van der Waals surface area contributed by atoms with Gasteiger partial charge < -0.3 is 9.84 Å². The van der Waals surface area contributed by atoms with E-state index in [1.54, 1.807) is 30.3 Å². The highest BCUT2D eigenvalue weighted by atomic mass is 32.2. The lowest BCUT2D eigenvalue weighted by molar-refractivity contribution is -0.386. The first kappa shape index (κ1) is 15.2. The summed E-state index contributed by atoms with van der Waals surface area (Å²) in [6.07, 6.45) is -0.158. The van der Waals surface area contributed by atoms with E-state index in [4.69, 9.17) is 4.74 Å². The van der Waals surface area contributed by atoms with Crippen molar-refractivity contribution in [1.82, 2.24) is 0 Å². The molecule has 0 saturated carbocycles. The van der Waals surface area contributed by atoms with Crippen LogP contribution in [0.4, 0.5) is 5.69 Å². The molecule has 0 atom stereocenters. The van der Waals surface area contributed by atoms with E-state index in [1.807, 2.05) is 19.9 Å². The Bertz CT molecular complexity index is 658. The molecule has 0 aromatic heterocycles. The molecule has 2 aromatic rings. The predicted octanol–water partition coefficient (Wildman–Crippen LogP) is 4.24. The van der Waals surface area contributed by atoms with Crippen LogP contribution >= 0.6 is 11.8 Å². The van der Waals surface area contributed by atoms with E-state index in [0.29, 0.717) is 4.90 Å². The molecule has 0 saturated heterocycles. The number of phenols is 1. The molecule has 0 radical (unpaired) electrons. The molecule has 0 aliphatic rings. The van der Waals surface area contributed by atoms with Gasteiger partial charge in [0.1, 0.15) is 5.75 Å². The van der Waals surface area contributed by atoms with Crippen molar-refractivity contribution in [3.8, 4) is 11.5 Å². The largest absolute Gasteiger partial charge is 0.507 e. The van der Waals surface area contributed by atoms with Crippen LogP contribution < -0.4 is 4.74 Å². The van der Waals surface area contributed by atoms with Crippen LogP contribution in [0, 0.1) is 10.1 Å². The minimum atomic E-state index is -0.466. The second kappa shape index (κ2) is 6.49. The molecular weight excluding hydrogens is 290 g/mol. The van der Waals surface area contributed by atoms with Gasteiger partial charge in [0.2, 0.25) is 0 Å². The fourth-order valence-corrected chi connectivity index (χ4v) is 2.60. The molecule has 1 N–H and O–H groups in total. The van der Waals surface area contributed by atoms with Crippen molar-refractivity contribution in [2.45, 2.75) is 29.7 Å². The Balaban J connectivity index is 2.33. The van der Waals surface area contributed by atoms with Gasteiger partial charge in [-0.3, -0.25) is 10.1 Å². The summed E-state index contributed by atoms with van der Waals surface area (Å²) in [7, 11) is 0. The van der Waals surface area contributed by atoms with Crippen molar-refractivity contribution in [2.24, 2.45) is 0 Å². The first-order valence-electron chi connectivity index (χ1n) is 6.38. The fourth-order valence-electron chi connectivity index (χ4n) is 1.73. The second-order valence-electron chi connectivity index (χ2n) is 4.62. The number of hydrogen-bond acceptors (Lipinski definition) is 5. The lowest BCUT2D eigenvalue weighted by Crippen LogP contribution is -2.07. The molecule has 110 valence electrons. The highest BCUT2D eigenvalue weighted by Crippen LogP contribution is 2.38. The van der Waals surface area contributed by atoms with E-state index in [2.05, 4.69) is 0 Å². The molecule has 0 amide bonds. The number of nitro benzene ring substituents is 1. The van der Waals surface area contributed by atoms with Crippen molar-refractivity contribution in [2.75, 3.05) is 0 Å². The number of para-hydroxylation sites is 1. The second-order valence-corrected chi connectivity index (χ2v) is 5.74. The Kier molecular flexibility index (Phi) is 4.70. The van der Waals surface area contributed by atoms with Crippen molar-refractivity contribution in [3.63, 3.8) is 0 Å². The molecule has 5 nitrogen and oxygen atoms in total. The van der Waals surface area contributed by atoms with Crippen molar-refractivity contribution in [3.05, 3.63) is 52.6 Å². The van der Waals surface area contributed by atoms with Crippen LogP contribution in [0.25, 0.3) is 0 Å². The normalized spacial score (nSPS) is 10.6. The van der Waals surface area contributed by atoms with Gasteiger partial charge >= 0.3 is 5.69 Å². The number of nitrogens with zero attached hydrogens (tertiary/aromatic N) is 1. The summed E-state index contributed by atoms with van der Waals surface area (Å²) < 4.78 is 5.50. The molecule has 0 aliphatic heterocycles. The summed E-state index contributed by atoms with van der Waals surface area (Å²) in [6, 6.07) is 11.6. The molecule has 0 bridgehead atoms. The lowest BCUT2D eigenvalue weighted by Gasteiger charge is -2.11. The third kappa shape index (κ3) is 3.88. The molecular formula is C15H15NO4S. The SMILES string of the molecule is CC(C)Oc1cc(Sc2ccccc2O)ccc1[N+](=O)[O-]. The average molecular weight is 305 g/mol. The van der Waals surface area contributed by atoms with Crippen LogP contribution in [0.2, 0.25) is 0 Å². The van der Waals surface area contributed by atoms with Gasteiger partial charge in [0.25, 0.3) is 0 Å². The van der Waals surface area contributed by atoms with E-state index in [9.17, 15) is 15.2 Å². The quantitative estimate of drug-likeness (QED) is 0.660. The summed E-state index contributed by atoms with van der Waals surface area (Å²) in [6.45, 7) is 3.62. The highest BCUT2D eigenvalue weighted by molar-refractivity contribution is 7.99. The third-order valence-electron chi connectivity index (χ3n) is 2.58. The Labute approximate surface area is 126 Å². The number of aromatic hydroxyl groups is 1. The van der Waals surface area contributed by atoms with Crippen LogP contribution in [0.3, 0.4) is 0 Å². The van der Waals surface area contributed by atoms with Gasteiger partial charge in [-0.25, -0.2) is 0 Å². The van der Waals surface area contributed by atoms with Crippen LogP contribution in [-0.4, -0.2) is 16.1 Å². The molecule has 0 unspecified atom stereocenters. The fraction of sp³-hybridized carbons (Fsp3) is 0.200. The third-order valence-corrected chi connectivity index (χ3v) is 3.64. The maximum Gasteiger partial charge on any atom is 0.311 e.